The molecule has 0 aliphatic carbocycles. The molecule has 0 fully saturated rings. The van der Waals surface area contributed by atoms with Crippen LogP contribution in [-0.4, -0.2) is 23.2 Å². The van der Waals surface area contributed by atoms with Gasteiger partial charge in [-0.1, -0.05) is 52.3 Å². The number of ether oxygens (including phenoxy) is 1. The van der Waals surface area contributed by atoms with Crippen LogP contribution in [0.5, 0.6) is 5.75 Å². The van der Waals surface area contributed by atoms with Gasteiger partial charge in [0, 0.05) is 15.6 Å². The summed E-state index contributed by atoms with van der Waals surface area (Å²) in [6.07, 6.45) is 0. The van der Waals surface area contributed by atoms with Crippen molar-refractivity contribution in [1.29, 1.82) is 0 Å². The van der Waals surface area contributed by atoms with Crippen LogP contribution in [0.1, 0.15) is 28.9 Å². The molecule has 3 aromatic carbocycles. The minimum atomic E-state index is -0.108. The number of aromatic nitrogens is 2. The number of nitrogens with zero attached hydrogens (tertiary/aromatic N) is 1. The van der Waals surface area contributed by atoms with E-state index in [1.165, 1.54) is 0 Å². The van der Waals surface area contributed by atoms with E-state index >= 15 is 0 Å². The maximum Gasteiger partial charge on any atom is 0.251 e. The lowest BCUT2D eigenvalue weighted by atomic mass is 10.1. The summed E-state index contributed by atoms with van der Waals surface area (Å²) >= 11 is 3.43. The van der Waals surface area contributed by atoms with Gasteiger partial charge in [-0.25, -0.2) is 0 Å². The highest BCUT2D eigenvalue weighted by atomic mass is 79.9. The Kier molecular flexibility index (Phi) is 6.18. The van der Waals surface area contributed by atoms with E-state index in [9.17, 15) is 4.79 Å². The molecular weight excluding hydrogens is 454 g/mol. The second-order valence-electron chi connectivity index (χ2n) is 7.22. The molecule has 0 aliphatic rings. The number of methoxy groups -OCH3 is 1. The maximum absolute atomic E-state index is 12.6. The molecule has 1 amide bonds. The molecule has 1 heterocycles. The minimum absolute atomic E-state index is 0.0849. The van der Waals surface area contributed by atoms with Gasteiger partial charge in [0.05, 0.1) is 24.5 Å². The standard InChI is InChI=1S/C25H22BrN3O2/c1-16(17-10-12-21(26)13-11-17)27-25(30)19-8-6-18(7-9-19)23-15-24(29-28-23)20-4-3-5-22(14-20)31-2/h3-16H,1-2H3,(H,27,30)(H,28,29)/t16-/m1/s1. The fraction of sp³-hybridized carbons (Fsp3) is 0.120. The van der Waals surface area contributed by atoms with Crippen LogP contribution in [0.4, 0.5) is 0 Å². The number of carbonyl (C=O) groups excluding carboxylic acids is 1. The quantitative estimate of drug-likeness (QED) is 0.359. The van der Waals surface area contributed by atoms with Crippen molar-refractivity contribution in [2.45, 2.75) is 13.0 Å². The number of benzene rings is 3. The molecule has 6 heteroatoms. The van der Waals surface area contributed by atoms with Crippen LogP contribution in [0.15, 0.2) is 83.3 Å². The molecule has 156 valence electrons. The monoisotopic (exact) mass is 475 g/mol. The van der Waals surface area contributed by atoms with E-state index in [-0.39, 0.29) is 11.9 Å². The highest BCUT2D eigenvalue weighted by Gasteiger charge is 2.12. The van der Waals surface area contributed by atoms with Crippen molar-refractivity contribution in [2.75, 3.05) is 7.11 Å². The number of aromatic amines is 1. The molecule has 0 saturated heterocycles. The Morgan fingerprint density at radius 3 is 2.45 bits per heavy atom. The third kappa shape index (κ3) is 4.86. The Morgan fingerprint density at radius 1 is 1.00 bits per heavy atom. The zero-order chi connectivity index (χ0) is 21.8. The van der Waals surface area contributed by atoms with E-state index < -0.39 is 0 Å². The normalized spacial score (nSPS) is 11.7. The Balaban J connectivity index is 1.46. The van der Waals surface area contributed by atoms with E-state index in [2.05, 4.69) is 31.4 Å². The summed E-state index contributed by atoms with van der Waals surface area (Å²) in [5, 5.41) is 10.5. The van der Waals surface area contributed by atoms with Crippen molar-refractivity contribution < 1.29 is 9.53 Å². The fourth-order valence-corrected chi connectivity index (χ4v) is 3.58. The largest absolute Gasteiger partial charge is 0.497 e. The molecule has 2 N–H and O–H groups in total. The van der Waals surface area contributed by atoms with Gasteiger partial charge in [0.2, 0.25) is 0 Å². The summed E-state index contributed by atoms with van der Waals surface area (Å²) in [7, 11) is 1.65. The first-order chi connectivity index (χ1) is 15.0. The van der Waals surface area contributed by atoms with Gasteiger partial charge in [-0.3, -0.25) is 9.89 Å². The molecule has 5 nitrogen and oxygen atoms in total. The molecule has 0 bridgehead atoms. The number of nitrogens with one attached hydrogen (secondary N) is 2. The Labute approximate surface area is 189 Å². The van der Waals surface area contributed by atoms with Crippen molar-refractivity contribution in [1.82, 2.24) is 15.5 Å². The van der Waals surface area contributed by atoms with Gasteiger partial charge in [0.1, 0.15) is 5.75 Å². The average molecular weight is 476 g/mol. The molecule has 4 rings (SSSR count). The third-order valence-electron chi connectivity index (χ3n) is 5.12. The Morgan fingerprint density at radius 2 is 1.74 bits per heavy atom. The fourth-order valence-electron chi connectivity index (χ4n) is 3.32. The van der Waals surface area contributed by atoms with Crippen LogP contribution < -0.4 is 10.1 Å². The van der Waals surface area contributed by atoms with Gasteiger partial charge in [0.15, 0.2) is 0 Å². The molecule has 0 radical (unpaired) electrons. The molecule has 0 unspecified atom stereocenters. The summed E-state index contributed by atoms with van der Waals surface area (Å²) in [5.41, 5.74) is 5.31. The summed E-state index contributed by atoms with van der Waals surface area (Å²) in [6, 6.07) is 25.1. The topological polar surface area (TPSA) is 67.0 Å². The minimum Gasteiger partial charge on any atom is -0.497 e. The predicted octanol–water partition coefficient (Wildman–Crippen LogP) is 6.01. The number of hydrogen-bond acceptors (Lipinski definition) is 3. The number of halogens is 1. The van der Waals surface area contributed by atoms with Gasteiger partial charge >= 0.3 is 0 Å². The average Bonchev–Trinajstić information content (AvgIpc) is 3.30. The van der Waals surface area contributed by atoms with Crippen LogP contribution in [0.25, 0.3) is 22.5 Å². The van der Waals surface area contributed by atoms with Gasteiger partial charge in [-0.2, -0.15) is 5.10 Å². The SMILES string of the molecule is COc1cccc(-c2cc(-c3ccc(C(=O)N[C@H](C)c4ccc(Br)cc4)cc3)[nH]n2)c1. The van der Waals surface area contributed by atoms with Gasteiger partial charge in [-0.05, 0) is 60.5 Å². The first kappa shape index (κ1) is 20.9. The first-order valence-electron chi connectivity index (χ1n) is 9.90. The van der Waals surface area contributed by atoms with E-state index in [1.807, 2.05) is 85.8 Å². The van der Waals surface area contributed by atoms with Crippen LogP contribution in [0.2, 0.25) is 0 Å². The second kappa shape index (κ2) is 9.18. The number of rotatable bonds is 6. The highest BCUT2D eigenvalue weighted by Crippen LogP contribution is 2.26. The maximum atomic E-state index is 12.6. The molecule has 0 spiro atoms. The van der Waals surface area contributed by atoms with Crippen molar-refractivity contribution in [3.63, 3.8) is 0 Å². The third-order valence-corrected chi connectivity index (χ3v) is 5.65. The lowest BCUT2D eigenvalue weighted by molar-refractivity contribution is 0.0940. The number of amides is 1. The van der Waals surface area contributed by atoms with Crippen LogP contribution in [-0.2, 0) is 0 Å². The molecule has 1 atom stereocenters. The molecule has 31 heavy (non-hydrogen) atoms. The molecule has 0 aliphatic heterocycles. The molecule has 0 saturated carbocycles. The lowest BCUT2D eigenvalue weighted by Gasteiger charge is -2.14. The van der Waals surface area contributed by atoms with Crippen molar-refractivity contribution in [3.05, 3.63) is 94.5 Å². The number of carbonyl (C=O) groups is 1. The first-order valence-corrected chi connectivity index (χ1v) is 10.7. The number of H-pyrrole nitrogens is 1. The highest BCUT2D eigenvalue weighted by molar-refractivity contribution is 9.10. The van der Waals surface area contributed by atoms with Gasteiger partial charge in [-0.15, -0.1) is 0 Å². The van der Waals surface area contributed by atoms with Gasteiger partial charge in [0.25, 0.3) is 5.91 Å². The summed E-state index contributed by atoms with van der Waals surface area (Å²) in [5.74, 6) is 0.679. The zero-order valence-electron chi connectivity index (χ0n) is 17.2. The Bertz CT molecular complexity index is 1180. The second-order valence-corrected chi connectivity index (χ2v) is 8.14. The van der Waals surface area contributed by atoms with Crippen molar-refractivity contribution >= 4 is 21.8 Å². The smallest absolute Gasteiger partial charge is 0.251 e. The van der Waals surface area contributed by atoms with E-state index in [4.69, 9.17) is 4.74 Å². The van der Waals surface area contributed by atoms with Gasteiger partial charge < -0.3 is 10.1 Å². The van der Waals surface area contributed by atoms with E-state index in [1.54, 1.807) is 7.11 Å². The molecular formula is C25H22BrN3O2. The van der Waals surface area contributed by atoms with Crippen LogP contribution >= 0.6 is 15.9 Å². The van der Waals surface area contributed by atoms with Crippen LogP contribution in [0, 0.1) is 0 Å². The van der Waals surface area contributed by atoms with Crippen molar-refractivity contribution in [3.8, 4) is 28.3 Å². The summed E-state index contributed by atoms with van der Waals surface area (Å²) in [4.78, 5) is 12.6. The molecule has 1 aromatic heterocycles. The predicted molar refractivity (Wildman–Crippen MR) is 126 cm³/mol. The Hall–Kier alpha value is -3.38. The summed E-state index contributed by atoms with van der Waals surface area (Å²) in [6.45, 7) is 1.97. The van der Waals surface area contributed by atoms with Crippen LogP contribution in [0.3, 0.4) is 0 Å². The lowest BCUT2D eigenvalue weighted by Crippen LogP contribution is -2.26. The zero-order valence-corrected chi connectivity index (χ0v) is 18.8. The van der Waals surface area contributed by atoms with Crippen molar-refractivity contribution in [2.24, 2.45) is 0 Å². The molecule has 4 aromatic rings. The number of hydrogen-bond donors (Lipinski definition) is 2. The van der Waals surface area contributed by atoms with E-state index in [0.717, 1.165) is 38.3 Å². The summed E-state index contributed by atoms with van der Waals surface area (Å²) < 4.78 is 6.30. The van der Waals surface area contributed by atoms with E-state index in [0.29, 0.717) is 5.56 Å².